The molecule has 5 rings (SSSR count). The van der Waals surface area contributed by atoms with Crippen molar-refractivity contribution in [3.05, 3.63) is 78.8 Å². The number of carbonyl (C=O) groups excluding carboxylic acids is 1. The number of amides is 1. The number of rotatable bonds is 8. The Bertz CT molecular complexity index is 1310. The molecule has 0 radical (unpaired) electrons. The molecule has 1 amide bonds. The first kappa shape index (κ1) is 23.9. The largest absolute Gasteiger partial charge is 0.370 e. The fourth-order valence-corrected chi connectivity index (χ4v) is 5.65. The molecule has 2 aromatic carbocycles. The second kappa shape index (κ2) is 9.70. The average molecular weight is 484 g/mol. The number of anilines is 1. The first-order chi connectivity index (χ1) is 17.5. The summed E-state index contributed by atoms with van der Waals surface area (Å²) >= 11 is 0. The lowest BCUT2D eigenvalue weighted by Crippen LogP contribution is -2.58. The Balaban J connectivity index is 1.33. The van der Waals surface area contributed by atoms with Gasteiger partial charge in [0.2, 0.25) is 6.41 Å². The Hall–Kier alpha value is -3.78. The van der Waals surface area contributed by atoms with Crippen molar-refractivity contribution in [2.24, 2.45) is 0 Å². The van der Waals surface area contributed by atoms with Gasteiger partial charge in [0.05, 0.1) is 35.3 Å². The van der Waals surface area contributed by atoms with Gasteiger partial charge in [0, 0.05) is 24.5 Å². The highest BCUT2D eigenvalue weighted by molar-refractivity contribution is 5.79. The highest BCUT2D eigenvalue weighted by Gasteiger charge is 2.45. The van der Waals surface area contributed by atoms with Gasteiger partial charge in [-0.25, -0.2) is 9.97 Å². The van der Waals surface area contributed by atoms with Crippen molar-refractivity contribution in [3.63, 3.8) is 0 Å². The predicted octanol–water partition coefficient (Wildman–Crippen LogP) is 3.77. The summed E-state index contributed by atoms with van der Waals surface area (Å²) in [5.74, 6) is 0.533. The zero-order valence-electron chi connectivity index (χ0n) is 21.1. The van der Waals surface area contributed by atoms with Crippen LogP contribution < -0.4 is 10.2 Å². The molecule has 4 aromatic rings. The van der Waals surface area contributed by atoms with Crippen molar-refractivity contribution in [3.8, 4) is 5.95 Å². The second-order valence-corrected chi connectivity index (χ2v) is 10.0. The van der Waals surface area contributed by atoms with Crippen molar-refractivity contribution < 1.29 is 4.79 Å². The average Bonchev–Trinajstić information content (AvgIpc) is 3.34. The first-order valence-corrected chi connectivity index (χ1v) is 12.4. The summed E-state index contributed by atoms with van der Waals surface area (Å²) in [5, 5.41) is 8.68. The minimum Gasteiger partial charge on any atom is -0.370 e. The van der Waals surface area contributed by atoms with Gasteiger partial charge in [0.15, 0.2) is 0 Å². The van der Waals surface area contributed by atoms with Gasteiger partial charge < -0.3 is 10.2 Å². The molecular formula is C28H33N7O. The van der Waals surface area contributed by atoms with Crippen LogP contribution in [-0.2, 0) is 10.3 Å². The predicted molar refractivity (Wildman–Crippen MR) is 142 cm³/mol. The summed E-state index contributed by atoms with van der Waals surface area (Å²) < 4.78 is 1.75. The summed E-state index contributed by atoms with van der Waals surface area (Å²) in [7, 11) is 6.34. The Morgan fingerprint density at radius 3 is 2.25 bits per heavy atom. The molecule has 36 heavy (non-hydrogen) atoms. The van der Waals surface area contributed by atoms with Crippen LogP contribution >= 0.6 is 0 Å². The molecular weight excluding hydrogens is 450 g/mol. The Labute approximate surface area is 212 Å². The quantitative estimate of drug-likeness (QED) is 0.385. The summed E-state index contributed by atoms with van der Waals surface area (Å²) in [5.41, 5.74) is 2.85. The second-order valence-electron chi connectivity index (χ2n) is 10.0. The van der Waals surface area contributed by atoms with E-state index < -0.39 is 0 Å². The number of para-hydroxylation sites is 1. The monoisotopic (exact) mass is 483 g/mol. The van der Waals surface area contributed by atoms with Gasteiger partial charge in [-0.05, 0) is 51.4 Å². The Morgan fingerprint density at radius 1 is 0.917 bits per heavy atom. The molecule has 1 fully saturated rings. The number of hydrogen-bond donors (Lipinski definition) is 1. The molecule has 186 valence electrons. The number of nitrogens with zero attached hydrogens (tertiary/aromatic N) is 6. The van der Waals surface area contributed by atoms with Crippen molar-refractivity contribution in [2.45, 2.75) is 36.8 Å². The van der Waals surface area contributed by atoms with E-state index in [1.807, 2.05) is 49.9 Å². The SMILES string of the molecule is CN(CC1(NC=O)CCC(c2ccccc2)(N(C)C)CC1)c1cnc(-n2ncc3ccccc32)nc1. The lowest BCUT2D eigenvalue weighted by molar-refractivity contribution is -0.112. The summed E-state index contributed by atoms with van der Waals surface area (Å²) in [6, 6.07) is 18.7. The molecule has 1 aliphatic carbocycles. The molecule has 1 saturated carbocycles. The van der Waals surface area contributed by atoms with Gasteiger partial charge in [-0.2, -0.15) is 9.78 Å². The van der Waals surface area contributed by atoms with Crippen LogP contribution in [0.1, 0.15) is 31.2 Å². The number of carbonyl (C=O) groups is 1. The van der Waals surface area contributed by atoms with E-state index in [2.05, 4.69) is 74.6 Å². The van der Waals surface area contributed by atoms with E-state index in [1.54, 1.807) is 4.68 Å². The van der Waals surface area contributed by atoms with E-state index in [4.69, 9.17) is 0 Å². The maximum atomic E-state index is 11.7. The van der Waals surface area contributed by atoms with Crippen LogP contribution in [0.3, 0.4) is 0 Å². The molecule has 2 heterocycles. The van der Waals surface area contributed by atoms with E-state index in [0.29, 0.717) is 12.5 Å². The van der Waals surface area contributed by atoms with Crippen molar-refractivity contribution >= 4 is 23.0 Å². The number of hydrogen-bond acceptors (Lipinski definition) is 6. The molecule has 0 atom stereocenters. The van der Waals surface area contributed by atoms with Gasteiger partial charge in [0.25, 0.3) is 5.95 Å². The third kappa shape index (κ3) is 4.33. The van der Waals surface area contributed by atoms with E-state index in [9.17, 15) is 4.79 Å². The summed E-state index contributed by atoms with van der Waals surface area (Å²) in [6.07, 6.45) is 9.99. The molecule has 0 spiro atoms. The van der Waals surface area contributed by atoms with Crippen LogP contribution in [0.2, 0.25) is 0 Å². The molecule has 0 saturated heterocycles. The van der Waals surface area contributed by atoms with Crippen LogP contribution in [0.5, 0.6) is 0 Å². The third-order valence-electron chi connectivity index (χ3n) is 7.84. The fourth-order valence-electron chi connectivity index (χ4n) is 5.65. The molecule has 1 aliphatic rings. The van der Waals surface area contributed by atoms with Crippen molar-refractivity contribution in [1.29, 1.82) is 0 Å². The minimum atomic E-state index is -0.318. The minimum absolute atomic E-state index is 0.0365. The third-order valence-corrected chi connectivity index (χ3v) is 7.84. The maximum absolute atomic E-state index is 11.7. The van der Waals surface area contributed by atoms with Crippen LogP contribution in [-0.4, -0.2) is 64.3 Å². The number of fused-ring (bicyclic) bond motifs is 1. The highest BCUT2D eigenvalue weighted by atomic mass is 16.1. The number of likely N-dealkylation sites (N-methyl/N-ethyl adjacent to an activating group) is 1. The van der Waals surface area contributed by atoms with Crippen molar-refractivity contribution in [1.82, 2.24) is 30.0 Å². The lowest BCUT2D eigenvalue weighted by Gasteiger charge is -2.50. The molecule has 0 aliphatic heterocycles. The van der Waals surface area contributed by atoms with Crippen LogP contribution in [0.25, 0.3) is 16.9 Å². The first-order valence-electron chi connectivity index (χ1n) is 12.4. The van der Waals surface area contributed by atoms with Crippen molar-refractivity contribution in [2.75, 3.05) is 32.6 Å². The smallest absolute Gasteiger partial charge is 0.251 e. The number of nitrogens with one attached hydrogen (secondary N) is 1. The number of aromatic nitrogens is 4. The molecule has 1 N–H and O–H groups in total. The Morgan fingerprint density at radius 2 is 1.58 bits per heavy atom. The molecule has 0 unspecified atom stereocenters. The molecule has 2 aromatic heterocycles. The highest BCUT2D eigenvalue weighted by Crippen LogP contribution is 2.44. The number of benzene rings is 2. The van der Waals surface area contributed by atoms with Gasteiger partial charge in [-0.1, -0.05) is 48.5 Å². The summed E-state index contributed by atoms with van der Waals surface area (Å²) in [4.78, 5) is 25.3. The van der Waals surface area contributed by atoms with Crippen LogP contribution in [0, 0.1) is 0 Å². The summed E-state index contributed by atoms with van der Waals surface area (Å²) in [6.45, 7) is 0.678. The van der Waals surface area contributed by atoms with Crippen LogP contribution in [0.4, 0.5) is 5.69 Å². The van der Waals surface area contributed by atoms with Gasteiger partial charge >= 0.3 is 0 Å². The molecule has 8 nitrogen and oxygen atoms in total. The van der Waals surface area contributed by atoms with Gasteiger partial charge in [-0.3, -0.25) is 9.69 Å². The van der Waals surface area contributed by atoms with E-state index in [0.717, 1.165) is 48.7 Å². The zero-order chi connectivity index (χ0) is 25.2. The Kier molecular flexibility index (Phi) is 6.45. The topological polar surface area (TPSA) is 79.2 Å². The van der Waals surface area contributed by atoms with Gasteiger partial charge in [0.1, 0.15) is 0 Å². The van der Waals surface area contributed by atoms with E-state index >= 15 is 0 Å². The normalized spacial score (nSPS) is 22.0. The fraction of sp³-hybridized carbons (Fsp3) is 0.357. The zero-order valence-corrected chi connectivity index (χ0v) is 21.1. The van der Waals surface area contributed by atoms with E-state index in [-0.39, 0.29) is 11.1 Å². The molecule has 8 heteroatoms. The lowest BCUT2D eigenvalue weighted by atomic mass is 9.68. The van der Waals surface area contributed by atoms with Gasteiger partial charge in [-0.15, -0.1) is 0 Å². The van der Waals surface area contributed by atoms with Crippen LogP contribution in [0.15, 0.2) is 73.2 Å². The van der Waals surface area contributed by atoms with E-state index in [1.165, 1.54) is 5.56 Å². The standard InChI is InChI=1S/C28H33N7O/c1-33(2)28(23-10-5-4-6-11-23)15-13-27(14-16-28,31-21-36)20-34(3)24-18-29-26(30-19-24)35-25-12-8-7-9-22(25)17-32-35/h4-12,17-19,21H,13-16,20H2,1-3H3,(H,31,36). The molecule has 0 bridgehead atoms. The maximum Gasteiger partial charge on any atom is 0.251 e.